The minimum absolute atomic E-state index is 0.0682. The molecule has 110 valence electrons. The normalized spacial score (nSPS) is 34.5. The van der Waals surface area contributed by atoms with Gasteiger partial charge >= 0.3 is 5.97 Å². The van der Waals surface area contributed by atoms with Crippen molar-refractivity contribution < 1.29 is 17.9 Å². The van der Waals surface area contributed by atoms with E-state index in [1.807, 2.05) is 20.8 Å². The van der Waals surface area contributed by atoms with E-state index in [-0.39, 0.29) is 29.2 Å². The van der Waals surface area contributed by atoms with Gasteiger partial charge in [-0.25, -0.2) is 8.42 Å². The van der Waals surface area contributed by atoms with E-state index in [1.165, 1.54) is 6.26 Å². The first kappa shape index (κ1) is 14.8. The quantitative estimate of drug-likeness (QED) is 0.744. The zero-order valence-corrected chi connectivity index (χ0v) is 13.0. The van der Waals surface area contributed by atoms with Gasteiger partial charge in [0.2, 0.25) is 0 Å². The van der Waals surface area contributed by atoms with Crippen molar-refractivity contribution in [3.05, 3.63) is 0 Å². The molecular weight excluding hydrogens is 264 g/mol. The van der Waals surface area contributed by atoms with Crippen LogP contribution in [0.5, 0.6) is 0 Å². The minimum Gasteiger partial charge on any atom is -0.462 e. The topological polar surface area (TPSA) is 60.4 Å². The van der Waals surface area contributed by atoms with Crippen molar-refractivity contribution in [1.29, 1.82) is 0 Å². The molecular formula is C14H24O4S. The van der Waals surface area contributed by atoms with Gasteiger partial charge in [-0.2, -0.15) is 0 Å². The highest BCUT2D eigenvalue weighted by molar-refractivity contribution is 7.91. The molecule has 0 radical (unpaired) electrons. The summed E-state index contributed by atoms with van der Waals surface area (Å²) in [5.41, 5.74) is -0.446. The lowest BCUT2D eigenvalue weighted by atomic mass is 9.90. The molecule has 0 amide bonds. The predicted molar refractivity (Wildman–Crippen MR) is 73.4 cm³/mol. The molecule has 4 atom stereocenters. The van der Waals surface area contributed by atoms with Crippen LogP contribution in [0.4, 0.5) is 0 Å². The third-order valence-electron chi connectivity index (χ3n) is 4.97. The summed E-state index contributed by atoms with van der Waals surface area (Å²) in [6.07, 6.45) is 4.27. The SMILES string of the molecule is CCC(C)(C)C(=O)OC1CC2CC1CC2S(C)(=O)=O. The van der Waals surface area contributed by atoms with Gasteiger partial charge in [0.05, 0.1) is 10.7 Å². The van der Waals surface area contributed by atoms with Gasteiger partial charge in [0.1, 0.15) is 6.10 Å². The summed E-state index contributed by atoms with van der Waals surface area (Å²) in [7, 11) is -2.96. The molecule has 0 heterocycles. The number of carbonyl (C=O) groups is 1. The third kappa shape index (κ3) is 2.81. The number of hydrogen-bond donors (Lipinski definition) is 0. The van der Waals surface area contributed by atoms with E-state index >= 15 is 0 Å². The molecule has 4 unspecified atom stereocenters. The van der Waals surface area contributed by atoms with Crippen LogP contribution in [0.15, 0.2) is 0 Å². The van der Waals surface area contributed by atoms with E-state index in [0.29, 0.717) is 12.8 Å². The van der Waals surface area contributed by atoms with Gasteiger partial charge in [0, 0.05) is 6.26 Å². The van der Waals surface area contributed by atoms with Crippen LogP contribution in [0.3, 0.4) is 0 Å². The summed E-state index contributed by atoms with van der Waals surface area (Å²) in [6, 6.07) is 0. The molecule has 0 aromatic carbocycles. The van der Waals surface area contributed by atoms with Gasteiger partial charge < -0.3 is 4.74 Å². The molecule has 2 fully saturated rings. The second kappa shape index (κ2) is 4.76. The maximum atomic E-state index is 12.1. The van der Waals surface area contributed by atoms with Gasteiger partial charge in [-0.05, 0) is 51.4 Å². The molecule has 0 saturated heterocycles. The van der Waals surface area contributed by atoms with Crippen LogP contribution in [0, 0.1) is 17.3 Å². The van der Waals surface area contributed by atoms with E-state index < -0.39 is 15.3 Å². The number of carbonyl (C=O) groups excluding carboxylic acids is 1. The average molecular weight is 288 g/mol. The maximum Gasteiger partial charge on any atom is 0.311 e. The summed E-state index contributed by atoms with van der Waals surface area (Å²) >= 11 is 0. The molecule has 0 aromatic heterocycles. The maximum absolute atomic E-state index is 12.1. The van der Waals surface area contributed by atoms with Crippen LogP contribution in [0.2, 0.25) is 0 Å². The molecule has 0 aromatic rings. The Hall–Kier alpha value is -0.580. The Morgan fingerprint density at radius 1 is 1.21 bits per heavy atom. The van der Waals surface area contributed by atoms with Crippen LogP contribution >= 0.6 is 0 Å². The first-order valence-corrected chi connectivity index (χ1v) is 9.00. The highest BCUT2D eigenvalue weighted by Gasteiger charge is 2.51. The molecule has 4 nitrogen and oxygen atoms in total. The Balaban J connectivity index is 1.97. The Morgan fingerprint density at radius 3 is 2.26 bits per heavy atom. The lowest BCUT2D eigenvalue weighted by molar-refractivity contribution is -0.162. The smallest absolute Gasteiger partial charge is 0.311 e. The van der Waals surface area contributed by atoms with Crippen LogP contribution < -0.4 is 0 Å². The van der Waals surface area contributed by atoms with Crippen molar-refractivity contribution in [3.8, 4) is 0 Å². The number of esters is 1. The lowest BCUT2D eigenvalue weighted by Crippen LogP contribution is -2.36. The first-order chi connectivity index (χ1) is 8.65. The Bertz CT molecular complexity index is 466. The standard InChI is InChI=1S/C14H24O4S/c1-5-14(2,3)13(15)18-11-7-10-6-9(11)8-12(10)19(4,16)17/h9-12H,5-8H2,1-4H3. The van der Waals surface area contributed by atoms with Crippen LogP contribution in [-0.4, -0.2) is 32.0 Å². The van der Waals surface area contributed by atoms with Gasteiger partial charge in [-0.3, -0.25) is 4.79 Å². The number of sulfone groups is 1. The Morgan fingerprint density at radius 2 is 1.84 bits per heavy atom. The molecule has 5 heteroatoms. The van der Waals surface area contributed by atoms with Crippen LogP contribution in [0.1, 0.15) is 46.5 Å². The zero-order chi connectivity index (χ0) is 14.4. The number of ether oxygens (including phenoxy) is 1. The average Bonchev–Trinajstić information content (AvgIpc) is 2.87. The predicted octanol–water partition coefficient (Wildman–Crippen LogP) is 2.18. The number of fused-ring (bicyclic) bond motifs is 2. The van der Waals surface area contributed by atoms with Crippen molar-refractivity contribution >= 4 is 15.8 Å². The van der Waals surface area contributed by atoms with E-state index in [2.05, 4.69) is 0 Å². The molecule has 0 N–H and O–H groups in total. The Labute approximate surface area is 115 Å². The van der Waals surface area contributed by atoms with Crippen LogP contribution in [0.25, 0.3) is 0 Å². The fraction of sp³-hybridized carbons (Fsp3) is 0.929. The van der Waals surface area contributed by atoms with E-state index in [1.54, 1.807) is 0 Å². The van der Waals surface area contributed by atoms with Gasteiger partial charge in [0.25, 0.3) is 0 Å². The second-order valence-electron chi connectivity index (χ2n) is 6.78. The monoisotopic (exact) mass is 288 g/mol. The first-order valence-electron chi connectivity index (χ1n) is 7.05. The lowest BCUT2D eigenvalue weighted by Gasteiger charge is -2.30. The Kier molecular flexibility index (Phi) is 3.71. The van der Waals surface area contributed by atoms with Crippen LogP contribution in [-0.2, 0) is 19.4 Å². The third-order valence-corrected chi connectivity index (χ3v) is 6.65. The summed E-state index contributed by atoms with van der Waals surface area (Å²) in [5, 5.41) is -0.216. The molecule has 0 spiro atoms. The molecule has 2 saturated carbocycles. The largest absolute Gasteiger partial charge is 0.462 e. The zero-order valence-electron chi connectivity index (χ0n) is 12.2. The van der Waals surface area contributed by atoms with Crippen molar-refractivity contribution in [3.63, 3.8) is 0 Å². The van der Waals surface area contributed by atoms with E-state index in [4.69, 9.17) is 4.74 Å². The molecule has 2 aliphatic rings. The van der Waals surface area contributed by atoms with Crippen molar-refractivity contribution in [1.82, 2.24) is 0 Å². The fourth-order valence-corrected chi connectivity index (χ4v) is 4.80. The number of rotatable bonds is 4. The van der Waals surface area contributed by atoms with E-state index in [9.17, 15) is 13.2 Å². The van der Waals surface area contributed by atoms with Crippen molar-refractivity contribution in [2.24, 2.45) is 17.3 Å². The summed E-state index contributed by atoms with van der Waals surface area (Å²) in [4.78, 5) is 12.1. The minimum atomic E-state index is -2.96. The van der Waals surface area contributed by atoms with Crippen molar-refractivity contribution in [2.75, 3.05) is 6.26 Å². The van der Waals surface area contributed by atoms with Gasteiger partial charge in [0.15, 0.2) is 9.84 Å². The highest BCUT2D eigenvalue weighted by Crippen LogP contribution is 2.49. The summed E-state index contributed by atoms with van der Waals surface area (Å²) < 4.78 is 28.9. The van der Waals surface area contributed by atoms with Gasteiger partial charge in [-0.1, -0.05) is 6.92 Å². The molecule has 0 aliphatic heterocycles. The highest BCUT2D eigenvalue weighted by atomic mass is 32.2. The number of hydrogen-bond acceptors (Lipinski definition) is 4. The second-order valence-corrected chi connectivity index (χ2v) is 9.04. The fourth-order valence-electron chi connectivity index (χ4n) is 3.28. The molecule has 19 heavy (non-hydrogen) atoms. The molecule has 2 aliphatic carbocycles. The summed E-state index contributed by atoms with van der Waals surface area (Å²) in [6.45, 7) is 5.76. The molecule has 2 rings (SSSR count). The summed E-state index contributed by atoms with van der Waals surface area (Å²) in [5.74, 6) is 0.271. The van der Waals surface area contributed by atoms with Crippen molar-refractivity contribution in [2.45, 2.75) is 57.8 Å². The van der Waals surface area contributed by atoms with Gasteiger partial charge in [-0.15, -0.1) is 0 Å². The van der Waals surface area contributed by atoms with E-state index in [0.717, 1.165) is 12.8 Å². The molecule has 2 bridgehead atoms.